The van der Waals surface area contributed by atoms with Crippen LogP contribution in [0.5, 0.6) is 0 Å². The van der Waals surface area contributed by atoms with Crippen LogP contribution in [0.3, 0.4) is 0 Å². The average Bonchev–Trinajstić information content (AvgIpc) is 2.57. The Morgan fingerprint density at radius 1 is 1.35 bits per heavy atom. The van der Waals surface area contributed by atoms with Crippen LogP contribution in [0, 0.1) is 0 Å². The molecule has 0 atom stereocenters. The van der Waals surface area contributed by atoms with Crippen molar-refractivity contribution in [1.82, 2.24) is 10.2 Å². The van der Waals surface area contributed by atoms with Gasteiger partial charge in [0.25, 0.3) is 5.56 Å². The lowest BCUT2D eigenvalue weighted by atomic mass is 9.77. The first-order chi connectivity index (χ1) is 9.25. The zero-order valence-electron chi connectivity index (χ0n) is 12.3. The van der Waals surface area contributed by atoms with Crippen LogP contribution in [0.4, 0.5) is 0 Å². The van der Waals surface area contributed by atoms with Crippen molar-refractivity contribution in [3.8, 4) is 0 Å². The molecule has 1 fully saturated rings. The first-order valence-electron chi connectivity index (χ1n) is 6.57. The Balaban J connectivity index is 2.26. The molecule has 6 nitrogen and oxygen atoms in total. The van der Waals surface area contributed by atoms with Crippen LogP contribution in [-0.2, 0) is 9.31 Å². The van der Waals surface area contributed by atoms with Gasteiger partial charge < -0.3 is 15.0 Å². The molecule has 108 valence electrons. The highest BCUT2D eigenvalue weighted by Crippen LogP contribution is 2.38. The van der Waals surface area contributed by atoms with Crippen LogP contribution >= 0.6 is 0 Å². The molecule has 1 aliphatic rings. The van der Waals surface area contributed by atoms with Crippen molar-refractivity contribution in [2.75, 3.05) is 6.54 Å². The molecular weight excluding hydrogens is 257 g/mol. The quantitative estimate of drug-likeness (QED) is 0.795. The lowest BCUT2D eigenvalue weighted by Crippen LogP contribution is -2.41. The summed E-state index contributed by atoms with van der Waals surface area (Å²) in [6.45, 7) is 8.23. The van der Waals surface area contributed by atoms with Gasteiger partial charge in [0.2, 0.25) is 0 Å². The molecule has 3 N–H and O–H groups in total. The molecule has 20 heavy (non-hydrogen) atoms. The van der Waals surface area contributed by atoms with Crippen LogP contribution in [0.25, 0.3) is 6.08 Å². The molecule has 2 heterocycles. The summed E-state index contributed by atoms with van der Waals surface area (Å²) in [4.78, 5) is 11.0. The minimum Gasteiger partial charge on any atom is -0.400 e. The van der Waals surface area contributed by atoms with Crippen LogP contribution in [0.1, 0.15) is 33.4 Å². The number of hydrogen-bond donors (Lipinski definition) is 2. The van der Waals surface area contributed by atoms with Crippen molar-refractivity contribution in [3.63, 3.8) is 0 Å². The van der Waals surface area contributed by atoms with E-state index in [0.29, 0.717) is 5.69 Å². The molecule has 1 aromatic rings. The number of nitrogens with one attached hydrogen (secondary N) is 1. The summed E-state index contributed by atoms with van der Waals surface area (Å²) in [6.07, 6.45) is 1.78. The number of nitrogens with zero attached hydrogens (tertiary/aromatic N) is 1. The van der Waals surface area contributed by atoms with Gasteiger partial charge in [0.15, 0.2) is 0 Å². The van der Waals surface area contributed by atoms with E-state index in [0.717, 1.165) is 5.47 Å². The van der Waals surface area contributed by atoms with E-state index in [9.17, 15) is 4.79 Å². The fourth-order valence-corrected chi connectivity index (χ4v) is 1.84. The van der Waals surface area contributed by atoms with Gasteiger partial charge in [0, 0.05) is 12.6 Å². The zero-order chi connectivity index (χ0) is 15.0. The van der Waals surface area contributed by atoms with Gasteiger partial charge in [-0.3, -0.25) is 4.79 Å². The van der Waals surface area contributed by atoms with E-state index in [1.807, 2.05) is 27.7 Å². The third kappa shape index (κ3) is 2.84. The Morgan fingerprint density at radius 3 is 2.40 bits per heavy atom. The summed E-state index contributed by atoms with van der Waals surface area (Å²) in [5, 5.41) is 6.31. The summed E-state index contributed by atoms with van der Waals surface area (Å²) in [7, 11) is -0.501. The molecule has 7 heteroatoms. The maximum atomic E-state index is 11.0. The van der Waals surface area contributed by atoms with Crippen molar-refractivity contribution < 1.29 is 9.31 Å². The predicted octanol–water partition coefficient (Wildman–Crippen LogP) is 0.743. The highest BCUT2D eigenvalue weighted by atomic mass is 16.7. The smallest absolute Gasteiger partial charge is 0.400 e. The van der Waals surface area contributed by atoms with Crippen molar-refractivity contribution >= 4 is 13.2 Å². The minimum atomic E-state index is -0.501. The molecule has 0 saturated carbocycles. The highest BCUT2D eigenvalue weighted by molar-refractivity contribution is 6.55. The second-order valence-electron chi connectivity index (χ2n) is 5.86. The molecule has 2 rings (SSSR count). The van der Waals surface area contributed by atoms with Crippen molar-refractivity contribution in [2.45, 2.75) is 38.9 Å². The van der Waals surface area contributed by atoms with Crippen LogP contribution < -0.4 is 11.3 Å². The molecule has 1 saturated heterocycles. The van der Waals surface area contributed by atoms with Gasteiger partial charge >= 0.3 is 7.12 Å². The minimum absolute atomic E-state index is 0.243. The Morgan fingerprint density at radius 2 is 1.95 bits per heavy atom. The van der Waals surface area contributed by atoms with Gasteiger partial charge in [-0.05, 0) is 45.3 Å². The summed E-state index contributed by atoms with van der Waals surface area (Å²) >= 11 is 0. The van der Waals surface area contributed by atoms with Crippen LogP contribution in [-0.4, -0.2) is 35.1 Å². The standard InChI is InChI=1S/C13H20BN3O3/c1-12(2)13(3,4)20-14(19-12)9(8-15)7-10-5-6-11(18)17-16-10/h5-7H,8,15H2,1-4H3,(H,17,18). The first kappa shape index (κ1) is 15.0. The van der Waals surface area contributed by atoms with Crippen LogP contribution in [0.15, 0.2) is 22.4 Å². The third-order valence-corrected chi connectivity index (χ3v) is 3.83. The molecule has 1 aliphatic heterocycles. The normalized spacial score (nSPS) is 21.2. The van der Waals surface area contributed by atoms with Gasteiger partial charge in [-0.15, -0.1) is 0 Å². The maximum Gasteiger partial charge on any atom is 0.491 e. The Labute approximate surface area is 118 Å². The Kier molecular flexibility index (Phi) is 3.86. The monoisotopic (exact) mass is 277 g/mol. The van der Waals surface area contributed by atoms with E-state index in [-0.39, 0.29) is 12.1 Å². The number of aromatic amines is 1. The molecule has 0 bridgehead atoms. The molecule has 0 radical (unpaired) electrons. The van der Waals surface area contributed by atoms with E-state index >= 15 is 0 Å². The molecule has 0 aliphatic carbocycles. The number of H-pyrrole nitrogens is 1. The molecule has 0 unspecified atom stereocenters. The van der Waals surface area contributed by atoms with Crippen molar-refractivity contribution in [1.29, 1.82) is 0 Å². The molecular formula is C13H20BN3O3. The lowest BCUT2D eigenvalue weighted by Gasteiger charge is -2.32. The van der Waals surface area contributed by atoms with E-state index < -0.39 is 18.3 Å². The Bertz CT molecular complexity index is 544. The molecule has 1 aromatic heterocycles. The maximum absolute atomic E-state index is 11.0. The molecule has 0 spiro atoms. The topological polar surface area (TPSA) is 90.2 Å². The van der Waals surface area contributed by atoms with Gasteiger partial charge in [-0.2, -0.15) is 5.10 Å². The SMILES string of the molecule is CC1(C)OB(C(=Cc2ccc(=O)[nH]n2)CN)OC1(C)C. The molecule has 0 amide bonds. The highest BCUT2D eigenvalue weighted by Gasteiger charge is 2.52. The van der Waals surface area contributed by atoms with Crippen molar-refractivity contribution in [2.24, 2.45) is 5.73 Å². The number of aromatic nitrogens is 2. The van der Waals surface area contributed by atoms with E-state index in [1.54, 1.807) is 12.1 Å². The summed E-state index contributed by atoms with van der Waals surface area (Å²) in [5.41, 5.74) is 6.10. The second kappa shape index (κ2) is 5.16. The average molecular weight is 277 g/mol. The summed E-state index contributed by atoms with van der Waals surface area (Å²) in [6, 6.07) is 3.04. The predicted molar refractivity (Wildman–Crippen MR) is 78.0 cm³/mol. The number of rotatable bonds is 3. The van der Waals surface area contributed by atoms with Gasteiger partial charge in [-0.25, -0.2) is 5.10 Å². The summed E-state index contributed by atoms with van der Waals surface area (Å²) in [5.74, 6) is 0. The summed E-state index contributed by atoms with van der Waals surface area (Å²) < 4.78 is 11.9. The lowest BCUT2D eigenvalue weighted by molar-refractivity contribution is 0.00578. The largest absolute Gasteiger partial charge is 0.491 e. The first-order valence-corrected chi connectivity index (χ1v) is 6.57. The molecule has 0 aromatic carbocycles. The second-order valence-corrected chi connectivity index (χ2v) is 5.86. The fraction of sp³-hybridized carbons (Fsp3) is 0.538. The third-order valence-electron chi connectivity index (χ3n) is 3.83. The zero-order valence-corrected chi connectivity index (χ0v) is 12.3. The number of hydrogen-bond acceptors (Lipinski definition) is 5. The van der Waals surface area contributed by atoms with E-state index in [4.69, 9.17) is 15.0 Å². The van der Waals surface area contributed by atoms with Crippen LogP contribution in [0.2, 0.25) is 0 Å². The van der Waals surface area contributed by atoms with Gasteiger partial charge in [0.1, 0.15) is 0 Å². The van der Waals surface area contributed by atoms with E-state index in [2.05, 4.69) is 10.2 Å². The van der Waals surface area contributed by atoms with E-state index in [1.165, 1.54) is 6.07 Å². The Hall–Kier alpha value is -1.44. The van der Waals surface area contributed by atoms with Crippen molar-refractivity contribution in [3.05, 3.63) is 33.7 Å². The van der Waals surface area contributed by atoms with Gasteiger partial charge in [0.05, 0.1) is 16.9 Å². The fourth-order valence-electron chi connectivity index (χ4n) is 1.84. The number of nitrogens with two attached hydrogens (primary N) is 1. The van der Waals surface area contributed by atoms with Gasteiger partial charge in [-0.1, -0.05) is 0 Å².